The molecular formula is C30H35F3N4O6. The van der Waals surface area contributed by atoms with Crippen molar-refractivity contribution in [3.8, 4) is 5.75 Å². The number of nitrogens with zero attached hydrogens (tertiary/aromatic N) is 3. The third-order valence-electron chi connectivity index (χ3n) is 7.30. The predicted octanol–water partition coefficient (Wildman–Crippen LogP) is 5.00. The zero-order valence-electron chi connectivity index (χ0n) is 24.5. The molecule has 1 saturated heterocycles. The summed E-state index contributed by atoms with van der Waals surface area (Å²) in [5.41, 5.74) is -0.404. The van der Waals surface area contributed by atoms with Gasteiger partial charge in [-0.05, 0) is 44.5 Å². The van der Waals surface area contributed by atoms with Crippen LogP contribution >= 0.6 is 0 Å². The standard InChI is InChI=1S/C30H35F3N4O6/c1-18(2)42-27(39)21-16-37(17-29(3,4)22-23(21)34-25-24(22)43-28(35-25)30(31,32)33)26(38)19-6-8-20(9-7-19)41-13-5-10-36-11-14-40-15-12-36/h6-9,16,18,34H,5,10-15,17H2,1-4H3. The lowest BCUT2D eigenvalue weighted by atomic mass is 9.83. The summed E-state index contributed by atoms with van der Waals surface area (Å²) in [6.07, 6.45) is -3.05. The average molecular weight is 605 g/mol. The van der Waals surface area contributed by atoms with E-state index in [4.69, 9.17) is 18.6 Å². The number of H-pyrrole nitrogens is 1. The van der Waals surface area contributed by atoms with Gasteiger partial charge in [0.2, 0.25) is 0 Å². The van der Waals surface area contributed by atoms with E-state index in [-0.39, 0.29) is 29.0 Å². The van der Waals surface area contributed by atoms with Gasteiger partial charge in [-0.3, -0.25) is 9.69 Å². The number of carbonyl (C=O) groups is 2. The summed E-state index contributed by atoms with van der Waals surface area (Å²) >= 11 is 0. The van der Waals surface area contributed by atoms with E-state index in [0.717, 1.165) is 39.3 Å². The van der Waals surface area contributed by atoms with Crippen LogP contribution in [0.1, 0.15) is 61.6 Å². The molecule has 0 bridgehead atoms. The average Bonchev–Trinajstić information content (AvgIpc) is 3.49. The number of halogens is 3. The van der Waals surface area contributed by atoms with Crippen LogP contribution in [0.2, 0.25) is 0 Å². The van der Waals surface area contributed by atoms with E-state index in [0.29, 0.717) is 23.5 Å². The number of rotatable bonds is 8. The maximum atomic E-state index is 13.7. The molecule has 0 aliphatic carbocycles. The van der Waals surface area contributed by atoms with Gasteiger partial charge in [0.25, 0.3) is 5.91 Å². The van der Waals surface area contributed by atoms with Crippen molar-refractivity contribution >= 4 is 28.7 Å². The Morgan fingerprint density at radius 3 is 2.49 bits per heavy atom. The van der Waals surface area contributed by atoms with Crippen molar-refractivity contribution in [2.24, 2.45) is 0 Å². The van der Waals surface area contributed by atoms with Crippen molar-refractivity contribution in [3.05, 3.63) is 53.2 Å². The first-order valence-corrected chi connectivity index (χ1v) is 14.2. The van der Waals surface area contributed by atoms with Crippen molar-refractivity contribution in [2.45, 2.75) is 51.8 Å². The fourth-order valence-electron chi connectivity index (χ4n) is 5.33. The second kappa shape index (κ2) is 12.0. The second-order valence-electron chi connectivity index (χ2n) is 11.6. The van der Waals surface area contributed by atoms with Crippen molar-refractivity contribution in [3.63, 3.8) is 0 Å². The van der Waals surface area contributed by atoms with E-state index >= 15 is 0 Å². The molecule has 0 unspecified atom stereocenters. The highest BCUT2D eigenvalue weighted by molar-refractivity contribution is 6.18. The number of esters is 1. The first-order chi connectivity index (χ1) is 20.3. The minimum Gasteiger partial charge on any atom is -0.494 e. The Morgan fingerprint density at radius 2 is 1.84 bits per heavy atom. The Bertz CT molecular complexity index is 1500. The van der Waals surface area contributed by atoms with Gasteiger partial charge in [0.05, 0.1) is 37.2 Å². The van der Waals surface area contributed by atoms with Gasteiger partial charge in [0, 0.05) is 48.9 Å². The molecule has 4 heterocycles. The van der Waals surface area contributed by atoms with Crippen LogP contribution < -0.4 is 4.74 Å². The van der Waals surface area contributed by atoms with Gasteiger partial charge in [0.1, 0.15) is 5.75 Å². The highest BCUT2D eigenvalue weighted by atomic mass is 19.4. The van der Waals surface area contributed by atoms with E-state index in [9.17, 15) is 22.8 Å². The maximum absolute atomic E-state index is 13.7. The third kappa shape index (κ3) is 6.72. The monoisotopic (exact) mass is 604 g/mol. The number of ether oxygens (including phenoxy) is 3. The molecule has 2 aliphatic rings. The minimum absolute atomic E-state index is 0.0235. The van der Waals surface area contributed by atoms with Gasteiger partial charge in [-0.1, -0.05) is 13.8 Å². The molecule has 1 fully saturated rings. The minimum atomic E-state index is -4.79. The molecule has 0 saturated carbocycles. The summed E-state index contributed by atoms with van der Waals surface area (Å²) in [6.45, 7) is 11.7. The number of fused-ring (bicyclic) bond motifs is 3. The summed E-state index contributed by atoms with van der Waals surface area (Å²) in [4.78, 5) is 37.1. The summed E-state index contributed by atoms with van der Waals surface area (Å²) in [6, 6.07) is 6.70. The van der Waals surface area contributed by atoms with Crippen LogP contribution in [0.4, 0.5) is 13.2 Å². The van der Waals surface area contributed by atoms with Crippen molar-refractivity contribution in [1.82, 2.24) is 19.8 Å². The van der Waals surface area contributed by atoms with Gasteiger partial charge in [-0.2, -0.15) is 18.2 Å². The summed E-state index contributed by atoms with van der Waals surface area (Å²) in [5, 5.41) is 0. The Hall–Kier alpha value is -3.84. The van der Waals surface area contributed by atoms with Crippen LogP contribution in [0.3, 0.4) is 0 Å². The van der Waals surface area contributed by atoms with Crippen LogP contribution in [0.25, 0.3) is 16.8 Å². The van der Waals surface area contributed by atoms with Crippen molar-refractivity contribution in [2.75, 3.05) is 46.0 Å². The van der Waals surface area contributed by atoms with Gasteiger partial charge in [0.15, 0.2) is 11.2 Å². The number of hydrogen-bond acceptors (Lipinski definition) is 8. The van der Waals surface area contributed by atoms with Crippen LogP contribution in [0.15, 0.2) is 34.9 Å². The largest absolute Gasteiger partial charge is 0.494 e. The highest BCUT2D eigenvalue weighted by Crippen LogP contribution is 2.42. The van der Waals surface area contributed by atoms with Gasteiger partial charge < -0.3 is 28.5 Å². The fraction of sp³-hybridized carbons (Fsp3) is 0.500. The van der Waals surface area contributed by atoms with Crippen LogP contribution in [-0.4, -0.2) is 83.7 Å². The zero-order chi connectivity index (χ0) is 30.9. The quantitative estimate of drug-likeness (QED) is 0.283. The lowest BCUT2D eigenvalue weighted by molar-refractivity contribution is -0.156. The molecule has 1 N–H and O–H groups in total. The topological polar surface area (TPSA) is 110 Å². The van der Waals surface area contributed by atoms with Crippen molar-refractivity contribution in [1.29, 1.82) is 0 Å². The molecule has 43 heavy (non-hydrogen) atoms. The number of aromatic amines is 1. The molecule has 3 aromatic rings. The van der Waals surface area contributed by atoms with E-state index in [1.807, 2.05) is 0 Å². The maximum Gasteiger partial charge on any atom is 0.469 e. The van der Waals surface area contributed by atoms with Gasteiger partial charge in [-0.25, -0.2) is 4.79 Å². The smallest absolute Gasteiger partial charge is 0.469 e. The van der Waals surface area contributed by atoms with Crippen molar-refractivity contribution < 1.29 is 41.4 Å². The number of benzene rings is 1. The summed E-state index contributed by atoms with van der Waals surface area (Å²) in [5.74, 6) is -1.93. The summed E-state index contributed by atoms with van der Waals surface area (Å²) < 4.78 is 62.0. The molecule has 1 aromatic carbocycles. The molecule has 232 valence electrons. The molecule has 2 aromatic heterocycles. The van der Waals surface area contributed by atoms with E-state index in [2.05, 4.69) is 14.9 Å². The lowest BCUT2D eigenvalue weighted by Gasteiger charge is -2.29. The van der Waals surface area contributed by atoms with Crippen LogP contribution in [-0.2, 0) is 25.9 Å². The second-order valence-corrected chi connectivity index (χ2v) is 11.6. The lowest BCUT2D eigenvalue weighted by Crippen LogP contribution is -2.37. The normalized spacial score (nSPS) is 17.5. The number of oxazole rings is 1. The number of aromatic nitrogens is 2. The number of amides is 1. The number of carbonyl (C=O) groups excluding carboxylic acids is 2. The van der Waals surface area contributed by atoms with E-state index in [1.165, 1.54) is 11.1 Å². The first-order valence-electron chi connectivity index (χ1n) is 14.2. The van der Waals surface area contributed by atoms with Crippen LogP contribution in [0.5, 0.6) is 5.75 Å². The number of nitrogens with one attached hydrogen (secondary N) is 1. The number of morpholine rings is 1. The molecule has 0 atom stereocenters. The first kappa shape index (κ1) is 30.6. The molecular weight excluding hydrogens is 569 g/mol. The highest BCUT2D eigenvalue weighted by Gasteiger charge is 2.43. The molecule has 1 amide bonds. The van der Waals surface area contributed by atoms with Crippen LogP contribution in [0, 0.1) is 0 Å². The molecule has 2 aliphatic heterocycles. The fourth-order valence-corrected chi connectivity index (χ4v) is 5.33. The molecule has 0 spiro atoms. The Kier molecular flexibility index (Phi) is 8.57. The third-order valence-corrected chi connectivity index (χ3v) is 7.30. The van der Waals surface area contributed by atoms with Gasteiger partial charge >= 0.3 is 18.0 Å². The Morgan fingerprint density at radius 1 is 1.14 bits per heavy atom. The molecule has 5 rings (SSSR count). The Balaban J connectivity index is 1.38. The number of hydrogen-bond donors (Lipinski definition) is 1. The zero-order valence-corrected chi connectivity index (χ0v) is 24.5. The predicted molar refractivity (Wildman–Crippen MR) is 150 cm³/mol. The SMILES string of the molecule is CC(C)OC(=O)C1=CN(C(=O)c2ccc(OCCCN3CCOCC3)cc2)CC(C)(C)c2c1[nH]c1nc(C(F)(F)F)oc21. The van der Waals surface area contributed by atoms with Gasteiger partial charge in [-0.15, -0.1) is 0 Å². The molecule has 0 radical (unpaired) electrons. The van der Waals surface area contributed by atoms with E-state index in [1.54, 1.807) is 52.0 Å². The summed E-state index contributed by atoms with van der Waals surface area (Å²) in [7, 11) is 0. The Labute approximate surface area is 246 Å². The number of alkyl halides is 3. The van der Waals surface area contributed by atoms with E-state index < -0.39 is 35.5 Å². The molecule has 13 heteroatoms. The molecule has 10 nitrogen and oxygen atoms in total.